The first kappa shape index (κ1) is 10.7. The number of ether oxygens (including phenoxy) is 1. The maximum absolute atomic E-state index is 9.50. The van der Waals surface area contributed by atoms with Crippen molar-refractivity contribution in [1.29, 1.82) is 0 Å². The van der Waals surface area contributed by atoms with Gasteiger partial charge < -0.3 is 9.84 Å². The summed E-state index contributed by atoms with van der Waals surface area (Å²) in [5.41, 5.74) is 0. The Morgan fingerprint density at radius 2 is 2.33 bits per heavy atom. The molecular formula is C7H8Br2O2S. The second-order valence-corrected chi connectivity index (χ2v) is 5.50. The van der Waals surface area contributed by atoms with Crippen molar-refractivity contribution in [2.45, 2.75) is 6.10 Å². The molecule has 0 spiro atoms. The van der Waals surface area contributed by atoms with Gasteiger partial charge in [0, 0.05) is 16.5 Å². The summed E-state index contributed by atoms with van der Waals surface area (Å²) >= 11 is 8.20. The van der Waals surface area contributed by atoms with Gasteiger partial charge in [-0.15, -0.1) is 11.3 Å². The number of halogens is 2. The van der Waals surface area contributed by atoms with E-state index in [1.165, 1.54) is 11.3 Å². The normalized spacial score (nSPS) is 13.3. The van der Waals surface area contributed by atoms with Crippen LogP contribution in [0.3, 0.4) is 0 Å². The van der Waals surface area contributed by atoms with E-state index in [0.717, 1.165) is 13.1 Å². The highest BCUT2D eigenvalue weighted by atomic mass is 79.9. The van der Waals surface area contributed by atoms with Gasteiger partial charge >= 0.3 is 0 Å². The van der Waals surface area contributed by atoms with E-state index >= 15 is 0 Å². The smallest absolute Gasteiger partial charge is 0.111 e. The zero-order valence-corrected chi connectivity index (χ0v) is 10.4. The molecule has 68 valence electrons. The van der Waals surface area contributed by atoms with Crippen LogP contribution in [0.4, 0.5) is 0 Å². The lowest BCUT2D eigenvalue weighted by molar-refractivity contribution is 0.0666. The van der Waals surface area contributed by atoms with Crippen molar-refractivity contribution >= 4 is 43.2 Å². The molecule has 0 saturated carbocycles. The summed E-state index contributed by atoms with van der Waals surface area (Å²) in [7, 11) is 1.57. The van der Waals surface area contributed by atoms with Crippen LogP contribution >= 0.6 is 43.2 Å². The van der Waals surface area contributed by atoms with Crippen LogP contribution in [0.5, 0.6) is 0 Å². The van der Waals surface area contributed by atoms with Crippen molar-refractivity contribution in [1.82, 2.24) is 0 Å². The van der Waals surface area contributed by atoms with Crippen LogP contribution in [0.25, 0.3) is 0 Å². The highest BCUT2D eigenvalue weighted by Gasteiger charge is 2.12. The van der Waals surface area contributed by atoms with Crippen LogP contribution in [-0.4, -0.2) is 18.8 Å². The van der Waals surface area contributed by atoms with Crippen LogP contribution in [0.1, 0.15) is 11.0 Å². The zero-order chi connectivity index (χ0) is 9.14. The molecule has 1 atom stereocenters. The van der Waals surface area contributed by atoms with E-state index in [9.17, 15) is 5.11 Å². The molecule has 0 aliphatic heterocycles. The molecule has 2 nitrogen and oxygen atoms in total. The van der Waals surface area contributed by atoms with Gasteiger partial charge in [-0.1, -0.05) is 0 Å². The van der Waals surface area contributed by atoms with Crippen LogP contribution < -0.4 is 0 Å². The maximum atomic E-state index is 9.50. The Bertz CT molecular complexity index is 242. The molecule has 0 aliphatic carbocycles. The molecule has 5 heteroatoms. The number of aliphatic hydroxyl groups excluding tert-OH is 1. The lowest BCUT2D eigenvalue weighted by Gasteiger charge is -2.04. The highest BCUT2D eigenvalue weighted by molar-refractivity contribution is 9.13. The van der Waals surface area contributed by atoms with E-state index in [1.54, 1.807) is 7.11 Å². The van der Waals surface area contributed by atoms with Gasteiger partial charge in [0.15, 0.2) is 0 Å². The molecule has 0 amide bonds. The Morgan fingerprint density at radius 3 is 2.75 bits per heavy atom. The van der Waals surface area contributed by atoms with Crippen molar-refractivity contribution in [2.75, 3.05) is 13.7 Å². The Kier molecular flexibility index (Phi) is 4.19. The summed E-state index contributed by atoms with van der Waals surface area (Å²) in [5.74, 6) is 0. The van der Waals surface area contributed by atoms with E-state index in [-0.39, 0.29) is 0 Å². The molecule has 0 saturated heterocycles. The van der Waals surface area contributed by atoms with E-state index in [1.807, 2.05) is 6.07 Å². The lowest BCUT2D eigenvalue weighted by atomic mass is 10.3. The van der Waals surface area contributed by atoms with Gasteiger partial charge in [0.25, 0.3) is 0 Å². The molecule has 1 unspecified atom stereocenters. The van der Waals surface area contributed by atoms with E-state index < -0.39 is 6.10 Å². The fourth-order valence-corrected chi connectivity index (χ4v) is 2.83. The second kappa shape index (κ2) is 4.72. The third-order valence-electron chi connectivity index (χ3n) is 1.32. The first-order valence-corrected chi connectivity index (χ1v) is 5.67. The van der Waals surface area contributed by atoms with Crippen LogP contribution in [0.15, 0.2) is 14.3 Å². The molecule has 0 bridgehead atoms. The minimum absolute atomic E-state index is 0.333. The van der Waals surface area contributed by atoms with Gasteiger partial charge in [-0.2, -0.15) is 0 Å². The topological polar surface area (TPSA) is 29.5 Å². The average molecular weight is 316 g/mol. The summed E-state index contributed by atoms with van der Waals surface area (Å²) in [6.07, 6.45) is -0.525. The van der Waals surface area contributed by atoms with Gasteiger partial charge in [0.2, 0.25) is 0 Å². The van der Waals surface area contributed by atoms with Gasteiger partial charge in [-0.25, -0.2) is 0 Å². The fraction of sp³-hybridized carbons (Fsp3) is 0.429. The summed E-state index contributed by atoms with van der Waals surface area (Å²) in [4.78, 5) is 0.899. The number of hydrogen-bond acceptors (Lipinski definition) is 3. The Labute approximate surface area is 91.8 Å². The Morgan fingerprint density at radius 1 is 1.67 bits per heavy atom. The Balaban J connectivity index is 2.74. The van der Waals surface area contributed by atoms with Gasteiger partial charge in [0.1, 0.15) is 6.10 Å². The Hall–Kier alpha value is 0.580. The van der Waals surface area contributed by atoms with Crippen molar-refractivity contribution in [3.05, 3.63) is 19.2 Å². The molecule has 0 aliphatic rings. The van der Waals surface area contributed by atoms with Crippen LogP contribution in [0, 0.1) is 0 Å². The first-order chi connectivity index (χ1) is 5.65. The highest BCUT2D eigenvalue weighted by Crippen LogP contribution is 2.35. The SMILES string of the molecule is COCC(O)c1cc(Br)c(Br)s1. The lowest BCUT2D eigenvalue weighted by Crippen LogP contribution is -2.02. The number of methoxy groups -OCH3 is 1. The van der Waals surface area contributed by atoms with E-state index in [0.29, 0.717) is 6.61 Å². The van der Waals surface area contributed by atoms with Crippen LogP contribution in [0.2, 0.25) is 0 Å². The third-order valence-corrected chi connectivity index (χ3v) is 4.67. The van der Waals surface area contributed by atoms with E-state index in [2.05, 4.69) is 31.9 Å². The molecule has 1 aromatic heterocycles. The maximum Gasteiger partial charge on any atom is 0.111 e. The predicted molar refractivity (Wildman–Crippen MR) is 56.6 cm³/mol. The summed E-state index contributed by atoms with van der Waals surface area (Å²) in [5, 5.41) is 9.50. The molecule has 1 heterocycles. The number of aliphatic hydroxyl groups is 1. The molecule has 0 radical (unpaired) electrons. The van der Waals surface area contributed by atoms with Crippen molar-refractivity contribution < 1.29 is 9.84 Å². The molecule has 1 rings (SSSR count). The minimum atomic E-state index is -0.525. The van der Waals surface area contributed by atoms with Gasteiger partial charge in [-0.05, 0) is 37.9 Å². The summed E-state index contributed by atoms with van der Waals surface area (Å²) in [6.45, 7) is 0.333. The summed E-state index contributed by atoms with van der Waals surface area (Å²) < 4.78 is 6.80. The molecule has 0 aromatic carbocycles. The van der Waals surface area contributed by atoms with Crippen molar-refractivity contribution in [2.24, 2.45) is 0 Å². The molecule has 1 aromatic rings. The predicted octanol–water partition coefficient (Wildman–Crippen LogP) is 2.95. The quantitative estimate of drug-likeness (QED) is 0.929. The zero-order valence-electron chi connectivity index (χ0n) is 6.38. The van der Waals surface area contributed by atoms with Crippen LogP contribution in [-0.2, 0) is 4.74 Å². The van der Waals surface area contributed by atoms with Crippen molar-refractivity contribution in [3.8, 4) is 0 Å². The van der Waals surface area contributed by atoms with E-state index in [4.69, 9.17) is 4.74 Å². The first-order valence-electron chi connectivity index (χ1n) is 3.27. The average Bonchev–Trinajstić information content (AvgIpc) is 2.33. The van der Waals surface area contributed by atoms with Gasteiger partial charge in [0.05, 0.1) is 10.4 Å². The number of thiophene rings is 1. The second-order valence-electron chi connectivity index (χ2n) is 2.24. The fourth-order valence-electron chi connectivity index (χ4n) is 0.768. The standard InChI is InChI=1S/C7H8Br2O2S/c1-11-3-5(10)6-2-4(8)7(9)12-6/h2,5,10H,3H2,1H3. The van der Waals surface area contributed by atoms with Crippen molar-refractivity contribution in [3.63, 3.8) is 0 Å². The minimum Gasteiger partial charge on any atom is -0.385 e. The number of rotatable bonds is 3. The molecule has 0 fully saturated rings. The third kappa shape index (κ3) is 2.53. The summed E-state index contributed by atoms with van der Waals surface area (Å²) in [6, 6.07) is 1.89. The van der Waals surface area contributed by atoms with Gasteiger partial charge in [-0.3, -0.25) is 0 Å². The monoisotopic (exact) mass is 314 g/mol. The molecule has 1 N–H and O–H groups in total. The number of hydrogen-bond donors (Lipinski definition) is 1. The molecule has 12 heavy (non-hydrogen) atoms. The largest absolute Gasteiger partial charge is 0.385 e. The molecular weight excluding hydrogens is 308 g/mol.